The van der Waals surface area contributed by atoms with Gasteiger partial charge in [-0.05, 0) is 24.1 Å². The summed E-state index contributed by atoms with van der Waals surface area (Å²) < 4.78 is 48.7. The van der Waals surface area contributed by atoms with E-state index in [0.717, 1.165) is 6.07 Å². The predicted molar refractivity (Wildman–Crippen MR) is 89.8 cm³/mol. The summed E-state index contributed by atoms with van der Waals surface area (Å²) in [5, 5.41) is 11.4. The molecule has 0 saturated carbocycles. The summed E-state index contributed by atoms with van der Waals surface area (Å²) in [6.45, 7) is -0.394. The lowest BCUT2D eigenvalue weighted by Crippen LogP contribution is -2.41. The van der Waals surface area contributed by atoms with Gasteiger partial charge in [0.2, 0.25) is 15.9 Å². The fourth-order valence-electron chi connectivity index (χ4n) is 2.00. The number of hydrogen-bond donors (Lipinski definition) is 3. The van der Waals surface area contributed by atoms with Crippen LogP contribution in [0.4, 0.5) is 4.39 Å². The zero-order valence-electron chi connectivity index (χ0n) is 14.3. The van der Waals surface area contributed by atoms with Crippen LogP contribution in [-0.2, 0) is 24.3 Å². The number of aliphatic carboxylic acids is 1. The molecule has 0 aliphatic rings. The molecule has 11 heteroatoms. The molecule has 9 nitrogen and oxygen atoms in total. The highest BCUT2D eigenvalue weighted by atomic mass is 32.2. The SMILES string of the molecule is COCCCS(=O)(=O)NCC(=O)NC(C(=O)O)c1ccc(OC)c(F)c1. The normalized spacial score (nSPS) is 12.4. The lowest BCUT2D eigenvalue weighted by molar-refractivity contribution is -0.141. The van der Waals surface area contributed by atoms with Crippen molar-refractivity contribution < 1.29 is 37.0 Å². The number of halogens is 1. The first kappa shape index (κ1) is 21.8. The third-order valence-electron chi connectivity index (χ3n) is 3.28. The fraction of sp³-hybridized carbons (Fsp3) is 0.467. The Balaban J connectivity index is 2.71. The highest BCUT2D eigenvalue weighted by Gasteiger charge is 2.24. The molecule has 1 aromatic rings. The van der Waals surface area contributed by atoms with Gasteiger partial charge in [-0.15, -0.1) is 0 Å². The van der Waals surface area contributed by atoms with E-state index in [2.05, 4.69) is 10.0 Å². The lowest BCUT2D eigenvalue weighted by atomic mass is 10.1. The van der Waals surface area contributed by atoms with E-state index in [1.807, 2.05) is 0 Å². The molecule has 1 atom stereocenters. The molecule has 26 heavy (non-hydrogen) atoms. The molecule has 0 spiro atoms. The van der Waals surface area contributed by atoms with E-state index in [9.17, 15) is 27.5 Å². The van der Waals surface area contributed by atoms with Crippen molar-refractivity contribution in [2.24, 2.45) is 0 Å². The Kier molecular flexibility index (Phi) is 8.42. The molecule has 0 fully saturated rings. The number of carbonyl (C=O) groups is 2. The molecule has 0 bridgehead atoms. The van der Waals surface area contributed by atoms with Gasteiger partial charge in [0.05, 0.1) is 19.4 Å². The number of rotatable bonds is 11. The number of sulfonamides is 1. The number of carboxylic acids is 1. The van der Waals surface area contributed by atoms with Gasteiger partial charge < -0.3 is 19.9 Å². The molecular formula is C15H21FN2O7S. The molecule has 0 aromatic heterocycles. The van der Waals surface area contributed by atoms with Crippen molar-refractivity contribution in [3.05, 3.63) is 29.6 Å². The lowest BCUT2D eigenvalue weighted by Gasteiger charge is -2.16. The van der Waals surface area contributed by atoms with Crippen LogP contribution in [0, 0.1) is 5.82 Å². The maximum atomic E-state index is 13.7. The van der Waals surface area contributed by atoms with Gasteiger partial charge in [-0.25, -0.2) is 22.3 Å². The third-order valence-corrected chi connectivity index (χ3v) is 4.69. The molecule has 146 valence electrons. The molecule has 1 unspecified atom stereocenters. The molecule has 0 aliphatic carbocycles. The third kappa shape index (κ3) is 6.94. The quantitative estimate of drug-likeness (QED) is 0.453. The number of carboxylic acid groups (broad SMARTS) is 1. The first-order valence-electron chi connectivity index (χ1n) is 7.52. The minimum absolute atomic E-state index is 0.0212. The van der Waals surface area contributed by atoms with Crippen LogP contribution in [-0.4, -0.2) is 58.5 Å². The van der Waals surface area contributed by atoms with Crippen molar-refractivity contribution in [3.63, 3.8) is 0 Å². The average Bonchev–Trinajstić information content (AvgIpc) is 2.58. The fourth-order valence-corrected chi connectivity index (χ4v) is 3.00. The Labute approximate surface area is 150 Å². The molecule has 1 aromatic carbocycles. The Morgan fingerprint density at radius 1 is 1.31 bits per heavy atom. The summed E-state index contributed by atoms with van der Waals surface area (Å²) >= 11 is 0. The first-order valence-corrected chi connectivity index (χ1v) is 9.17. The van der Waals surface area contributed by atoms with Crippen LogP contribution in [0.15, 0.2) is 18.2 Å². The van der Waals surface area contributed by atoms with Gasteiger partial charge >= 0.3 is 5.97 Å². The maximum Gasteiger partial charge on any atom is 0.330 e. The van der Waals surface area contributed by atoms with Crippen molar-refractivity contribution in [2.45, 2.75) is 12.5 Å². The topological polar surface area (TPSA) is 131 Å². The molecule has 0 aliphatic heterocycles. The molecule has 0 radical (unpaired) electrons. The van der Waals surface area contributed by atoms with E-state index >= 15 is 0 Å². The number of benzene rings is 1. The largest absolute Gasteiger partial charge is 0.494 e. The zero-order valence-corrected chi connectivity index (χ0v) is 15.1. The molecule has 0 heterocycles. The standard InChI is InChI=1S/C15H21FN2O7S/c1-24-6-3-7-26(22,23)17-9-13(19)18-14(15(20)21)10-4-5-12(25-2)11(16)8-10/h4-5,8,14,17H,3,6-7,9H2,1-2H3,(H,18,19)(H,20,21). The maximum absolute atomic E-state index is 13.7. The smallest absolute Gasteiger partial charge is 0.330 e. The Morgan fingerprint density at radius 2 is 2.00 bits per heavy atom. The summed E-state index contributed by atoms with van der Waals surface area (Å²) in [5.74, 6) is -3.40. The van der Waals surface area contributed by atoms with Crippen LogP contribution in [0.2, 0.25) is 0 Å². The van der Waals surface area contributed by atoms with Gasteiger partial charge in [-0.2, -0.15) is 0 Å². The minimum atomic E-state index is -3.70. The Hall–Kier alpha value is -2.24. The van der Waals surface area contributed by atoms with Gasteiger partial charge in [0.25, 0.3) is 0 Å². The molecule has 0 saturated heterocycles. The number of methoxy groups -OCH3 is 2. The van der Waals surface area contributed by atoms with Crippen LogP contribution < -0.4 is 14.8 Å². The molecular weight excluding hydrogens is 371 g/mol. The second kappa shape index (κ2) is 10.0. The summed E-state index contributed by atoms with van der Waals surface area (Å²) in [6, 6.07) is 1.90. The number of ether oxygens (including phenoxy) is 2. The van der Waals surface area contributed by atoms with E-state index in [4.69, 9.17) is 9.47 Å². The van der Waals surface area contributed by atoms with E-state index in [1.54, 1.807) is 0 Å². The Bertz CT molecular complexity index is 740. The Morgan fingerprint density at radius 3 is 2.54 bits per heavy atom. The summed E-state index contributed by atoms with van der Waals surface area (Å²) in [7, 11) is -1.01. The van der Waals surface area contributed by atoms with Crippen molar-refractivity contribution >= 4 is 21.9 Å². The predicted octanol–water partition coefficient (Wildman–Crippen LogP) is 0.0321. The second-order valence-corrected chi connectivity index (χ2v) is 7.15. The number of nitrogens with one attached hydrogen (secondary N) is 2. The van der Waals surface area contributed by atoms with E-state index in [1.165, 1.54) is 26.4 Å². The molecule has 1 rings (SSSR count). The highest BCUT2D eigenvalue weighted by molar-refractivity contribution is 7.89. The van der Waals surface area contributed by atoms with Crippen LogP contribution >= 0.6 is 0 Å². The average molecular weight is 392 g/mol. The van der Waals surface area contributed by atoms with Crippen molar-refractivity contribution in [1.82, 2.24) is 10.0 Å². The molecule has 3 N–H and O–H groups in total. The van der Waals surface area contributed by atoms with Gasteiger partial charge in [0.15, 0.2) is 17.6 Å². The van der Waals surface area contributed by atoms with E-state index in [-0.39, 0.29) is 30.1 Å². The minimum Gasteiger partial charge on any atom is -0.494 e. The summed E-state index contributed by atoms with van der Waals surface area (Å²) in [6.07, 6.45) is 0.246. The summed E-state index contributed by atoms with van der Waals surface area (Å²) in [4.78, 5) is 23.2. The second-order valence-electron chi connectivity index (χ2n) is 5.22. The van der Waals surface area contributed by atoms with Gasteiger partial charge in [-0.3, -0.25) is 4.79 Å². The van der Waals surface area contributed by atoms with Crippen molar-refractivity contribution in [1.29, 1.82) is 0 Å². The van der Waals surface area contributed by atoms with Crippen LogP contribution in [0.3, 0.4) is 0 Å². The van der Waals surface area contributed by atoms with Crippen molar-refractivity contribution in [2.75, 3.05) is 33.1 Å². The van der Waals surface area contributed by atoms with Gasteiger partial charge in [0, 0.05) is 13.7 Å². The number of amides is 1. The molecule has 1 amide bonds. The van der Waals surface area contributed by atoms with E-state index < -0.39 is 40.3 Å². The number of carbonyl (C=O) groups excluding carboxylic acids is 1. The van der Waals surface area contributed by atoms with Crippen LogP contribution in [0.1, 0.15) is 18.0 Å². The van der Waals surface area contributed by atoms with Crippen LogP contribution in [0.25, 0.3) is 0 Å². The summed E-state index contributed by atoms with van der Waals surface area (Å²) in [5.41, 5.74) is -0.0212. The van der Waals surface area contributed by atoms with Gasteiger partial charge in [-0.1, -0.05) is 6.07 Å². The highest BCUT2D eigenvalue weighted by Crippen LogP contribution is 2.22. The van der Waals surface area contributed by atoms with Crippen LogP contribution in [0.5, 0.6) is 5.75 Å². The zero-order chi connectivity index (χ0) is 19.7. The first-order chi connectivity index (χ1) is 12.2. The monoisotopic (exact) mass is 392 g/mol. The van der Waals surface area contributed by atoms with E-state index in [0.29, 0.717) is 0 Å². The number of hydrogen-bond acceptors (Lipinski definition) is 6. The van der Waals surface area contributed by atoms with Crippen molar-refractivity contribution in [3.8, 4) is 5.75 Å². The van der Waals surface area contributed by atoms with Gasteiger partial charge in [0.1, 0.15) is 0 Å².